The summed E-state index contributed by atoms with van der Waals surface area (Å²) in [4.78, 5) is 26.3. The van der Waals surface area contributed by atoms with Crippen LogP contribution in [0.3, 0.4) is 0 Å². The number of nitrogens with zero attached hydrogens (tertiary/aromatic N) is 4. The van der Waals surface area contributed by atoms with Crippen LogP contribution >= 0.6 is 11.3 Å². The van der Waals surface area contributed by atoms with E-state index in [1.807, 2.05) is 42.1 Å². The van der Waals surface area contributed by atoms with Gasteiger partial charge in [0.25, 0.3) is 5.91 Å². The van der Waals surface area contributed by atoms with Crippen LogP contribution < -0.4 is 5.32 Å². The van der Waals surface area contributed by atoms with Crippen molar-refractivity contribution < 1.29 is 9.21 Å². The minimum absolute atomic E-state index is 0.186. The summed E-state index contributed by atoms with van der Waals surface area (Å²) in [6, 6.07) is 7.43. The number of amides is 1. The van der Waals surface area contributed by atoms with Gasteiger partial charge in [-0.25, -0.2) is 9.97 Å². The van der Waals surface area contributed by atoms with Gasteiger partial charge in [-0.05, 0) is 31.2 Å². The fourth-order valence-electron chi connectivity index (χ4n) is 2.52. The zero-order valence-electron chi connectivity index (χ0n) is 13.9. The van der Waals surface area contributed by atoms with E-state index in [4.69, 9.17) is 4.42 Å². The monoisotopic (exact) mass is 365 g/mol. The third kappa shape index (κ3) is 3.14. The predicted octanol–water partition coefficient (Wildman–Crippen LogP) is 3.22. The van der Waals surface area contributed by atoms with Gasteiger partial charge in [0.1, 0.15) is 10.6 Å². The number of aryl methyl sites for hydroxylation is 1. The van der Waals surface area contributed by atoms with E-state index in [2.05, 4.69) is 20.3 Å². The summed E-state index contributed by atoms with van der Waals surface area (Å²) in [7, 11) is 0. The number of furan rings is 1. The van der Waals surface area contributed by atoms with Gasteiger partial charge in [-0.2, -0.15) is 0 Å². The molecule has 0 saturated carbocycles. The molecule has 0 aliphatic heterocycles. The van der Waals surface area contributed by atoms with Crippen molar-refractivity contribution in [2.24, 2.45) is 0 Å². The highest BCUT2D eigenvalue weighted by atomic mass is 32.1. The fourth-order valence-corrected chi connectivity index (χ4v) is 3.48. The molecular formula is C18H15N5O2S. The highest BCUT2D eigenvalue weighted by Crippen LogP contribution is 2.23. The van der Waals surface area contributed by atoms with Gasteiger partial charge in [0.15, 0.2) is 10.9 Å². The van der Waals surface area contributed by atoms with Crippen LogP contribution in [0.5, 0.6) is 0 Å². The van der Waals surface area contributed by atoms with E-state index in [1.54, 1.807) is 24.7 Å². The molecule has 1 N–H and O–H groups in total. The van der Waals surface area contributed by atoms with E-state index in [0.29, 0.717) is 27.7 Å². The Labute approximate surface area is 153 Å². The Morgan fingerprint density at radius 1 is 1.23 bits per heavy atom. The number of rotatable bonds is 5. The lowest BCUT2D eigenvalue weighted by Gasteiger charge is -2.06. The van der Waals surface area contributed by atoms with Gasteiger partial charge in [0, 0.05) is 24.8 Å². The van der Waals surface area contributed by atoms with Gasteiger partial charge in [0.2, 0.25) is 0 Å². The molecule has 0 aromatic carbocycles. The minimum atomic E-state index is -0.186. The standard InChI is InChI=1S/C18H15N5O2S/c1-12-16(26-18(22-12)23-8-2-3-9-23)17(24)21-11-13-15(20-7-6-19-13)14-5-4-10-25-14/h2-10H,11H2,1H3,(H,21,24). The summed E-state index contributed by atoms with van der Waals surface area (Å²) in [6.45, 7) is 2.08. The molecule has 4 aromatic rings. The van der Waals surface area contributed by atoms with Crippen LogP contribution in [0.25, 0.3) is 16.6 Å². The first-order chi connectivity index (χ1) is 12.7. The number of thiazole rings is 1. The first-order valence-electron chi connectivity index (χ1n) is 7.95. The molecule has 0 atom stereocenters. The van der Waals surface area contributed by atoms with Gasteiger partial charge >= 0.3 is 0 Å². The van der Waals surface area contributed by atoms with E-state index >= 15 is 0 Å². The zero-order chi connectivity index (χ0) is 17.9. The van der Waals surface area contributed by atoms with Crippen molar-refractivity contribution in [2.45, 2.75) is 13.5 Å². The molecule has 0 fully saturated rings. The van der Waals surface area contributed by atoms with E-state index in [0.717, 1.165) is 5.13 Å². The lowest BCUT2D eigenvalue weighted by Crippen LogP contribution is -2.23. The molecular weight excluding hydrogens is 350 g/mol. The molecule has 4 aromatic heterocycles. The molecule has 130 valence electrons. The van der Waals surface area contributed by atoms with Crippen LogP contribution in [0.4, 0.5) is 0 Å². The van der Waals surface area contributed by atoms with Crippen LogP contribution in [0, 0.1) is 6.92 Å². The Kier molecular flexibility index (Phi) is 4.32. The number of carbonyl (C=O) groups excluding carboxylic acids is 1. The van der Waals surface area contributed by atoms with Gasteiger partial charge in [-0.15, -0.1) is 0 Å². The molecule has 0 saturated heterocycles. The van der Waals surface area contributed by atoms with Crippen molar-refractivity contribution in [2.75, 3.05) is 0 Å². The summed E-state index contributed by atoms with van der Waals surface area (Å²) in [5.74, 6) is 0.431. The molecule has 26 heavy (non-hydrogen) atoms. The normalized spacial score (nSPS) is 10.8. The molecule has 4 rings (SSSR count). The van der Waals surface area contributed by atoms with Crippen molar-refractivity contribution in [1.82, 2.24) is 24.8 Å². The second-order valence-electron chi connectivity index (χ2n) is 5.51. The van der Waals surface area contributed by atoms with Crippen LogP contribution in [-0.4, -0.2) is 25.4 Å². The molecule has 0 spiro atoms. The SMILES string of the molecule is Cc1nc(-n2cccc2)sc1C(=O)NCc1nccnc1-c1ccco1. The highest BCUT2D eigenvalue weighted by Gasteiger charge is 2.17. The molecule has 1 amide bonds. The molecule has 0 aliphatic rings. The topological polar surface area (TPSA) is 85.8 Å². The fraction of sp³-hybridized carbons (Fsp3) is 0.111. The first-order valence-corrected chi connectivity index (χ1v) is 8.77. The maximum Gasteiger partial charge on any atom is 0.263 e. The minimum Gasteiger partial charge on any atom is -0.463 e. The third-order valence-electron chi connectivity index (χ3n) is 3.76. The smallest absolute Gasteiger partial charge is 0.263 e. The third-order valence-corrected chi connectivity index (χ3v) is 4.93. The molecule has 0 unspecified atom stereocenters. The summed E-state index contributed by atoms with van der Waals surface area (Å²) >= 11 is 1.35. The van der Waals surface area contributed by atoms with Gasteiger partial charge in [0.05, 0.1) is 24.2 Å². The Balaban J connectivity index is 1.52. The van der Waals surface area contributed by atoms with E-state index in [1.165, 1.54) is 11.3 Å². The predicted molar refractivity (Wildman–Crippen MR) is 97.1 cm³/mol. The zero-order valence-corrected chi connectivity index (χ0v) is 14.7. The van der Waals surface area contributed by atoms with Crippen molar-refractivity contribution in [3.8, 4) is 16.6 Å². The quantitative estimate of drug-likeness (QED) is 0.587. The molecule has 8 heteroatoms. The number of carbonyl (C=O) groups is 1. The molecule has 4 heterocycles. The lowest BCUT2D eigenvalue weighted by atomic mass is 10.2. The van der Waals surface area contributed by atoms with E-state index in [9.17, 15) is 4.79 Å². The summed E-state index contributed by atoms with van der Waals surface area (Å²) < 4.78 is 7.27. The second-order valence-corrected chi connectivity index (χ2v) is 6.49. The average Bonchev–Trinajstić information content (AvgIpc) is 3.40. The summed E-state index contributed by atoms with van der Waals surface area (Å²) in [5.41, 5.74) is 1.96. The van der Waals surface area contributed by atoms with Crippen molar-refractivity contribution in [3.63, 3.8) is 0 Å². The number of hydrogen-bond acceptors (Lipinski definition) is 6. The van der Waals surface area contributed by atoms with E-state index < -0.39 is 0 Å². The maximum absolute atomic E-state index is 12.6. The molecule has 0 radical (unpaired) electrons. The largest absolute Gasteiger partial charge is 0.463 e. The van der Waals surface area contributed by atoms with Gasteiger partial charge < -0.3 is 14.3 Å². The maximum atomic E-state index is 12.6. The lowest BCUT2D eigenvalue weighted by molar-refractivity contribution is 0.0953. The van der Waals surface area contributed by atoms with Crippen molar-refractivity contribution in [3.05, 3.63) is 71.6 Å². The van der Waals surface area contributed by atoms with Crippen LogP contribution in [0.1, 0.15) is 21.1 Å². The van der Waals surface area contributed by atoms with E-state index in [-0.39, 0.29) is 12.5 Å². The summed E-state index contributed by atoms with van der Waals surface area (Å²) in [5, 5.41) is 3.65. The average molecular weight is 365 g/mol. The second kappa shape index (κ2) is 6.93. The number of nitrogens with one attached hydrogen (secondary N) is 1. The van der Waals surface area contributed by atoms with Crippen LogP contribution in [-0.2, 0) is 6.54 Å². The molecule has 0 aliphatic carbocycles. The van der Waals surface area contributed by atoms with Crippen LogP contribution in [0.2, 0.25) is 0 Å². The molecule has 7 nitrogen and oxygen atoms in total. The Bertz CT molecular complexity index is 1020. The summed E-state index contributed by atoms with van der Waals surface area (Å²) in [6.07, 6.45) is 8.57. The molecule has 0 bridgehead atoms. The Morgan fingerprint density at radius 2 is 2.04 bits per heavy atom. The van der Waals surface area contributed by atoms with Gasteiger partial charge in [-0.3, -0.25) is 9.78 Å². The van der Waals surface area contributed by atoms with Crippen molar-refractivity contribution >= 4 is 17.2 Å². The Hall–Kier alpha value is -3.26. The first kappa shape index (κ1) is 16.2. The number of aromatic nitrogens is 4. The van der Waals surface area contributed by atoms with Crippen molar-refractivity contribution in [1.29, 1.82) is 0 Å². The van der Waals surface area contributed by atoms with Gasteiger partial charge in [-0.1, -0.05) is 11.3 Å². The highest BCUT2D eigenvalue weighted by molar-refractivity contribution is 7.16. The number of hydrogen-bond donors (Lipinski definition) is 1. The Morgan fingerprint density at radius 3 is 2.81 bits per heavy atom. The van der Waals surface area contributed by atoms with Crippen LogP contribution in [0.15, 0.2) is 59.7 Å².